The fourth-order valence-corrected chi connectivity index (χ4v) is 4.37. The highest BCUT2D eigenvalue weighted by atomic mass is 16.5. The molecule has 2 fully saturated rings. The summed E-state index contributed by atoms with van der Waals surface area (Å²) < 4.78 is 5.11. The number of rotatable bonds is 4. The number of hydrogen-bond donors (Lipinski definition) is 1. The van der Waals surface area contributed by atoms with Crippen LogP contribution < -0.4 is 0 Å². The van der Waals surface area contributed by atoms with E-state index in [1.807, 2.05) is 4.90 Å². The number of ether oxygens (including phenoxy) is 1. The second-order valence-corrected chi connectivity index (χ2v) is 7.82. The zero-order valence-electron chi connectivity index (χ0n) is 17.2. The predicted molar refractivity (Wildman–Crippen MR) is 105 cm³/mol. The zero-order valence-corrected chi connectivity index (χ0v) is 17.2. The van der Waals surface area contributed by atoms with Gasteiger partial charge in [0.05, 0.1) is 18.1 Å². The number of aromatic amines is 1. The molecule has 7 nitrogen and oxygen atoms in total. The normalized spacial score (nSPS) is 20.2. The van der Waals surface area contributed by atoms with E-state index in [0.29, 0.717) is 42.2 Å². The summed E-state index contributed by atoms with van der Waals surface area (Å²) in [6, 6.07) is 0. The second kappa shape index (κ2) is 8.80. The van der Waals surface area contributed by atoms with Crippen LogP contribution in [0.15, 0.2) is 0 Å². The maximum Gasteiger partial charge on any atom is 0.340 e. The van der Waals surface area contributed by atoms with E-state index in [-0.39, 0.29) is 17.7 Å². The Kier molecular flexibility index (Phi) is 6.42. The van der Waals surface area contributed by atoms with E-state index < -0.39 is 5.97 Å². The van der Waals surface area contributed by atoms with Gasteiger partial charge in [0, 0.05) is 31.9 Å². The molecule has 1 aromatic heterocycles. The highest BCUT2D eigenvalue weighted by molar-refractivity contribution is 6.00. The van der Waals surface area contributed by atoms with E-state index in [4.69, 9.17) is 4.74 Å². The van der Waals surface area contributed by atoms with Crippen LogP contribution >= 0.6 is 0 Å². The first-order chi connectivity index (χ1) is 13.4. The van der Waals surface area contributed by atoms with Gasteiger partial charge in [0.1, 0.15) is 5.69 Å². The molecule has 0 saturated carbocycles. The Morgan fingerprint density at radius 3 is 2.39 bits per heavy atom. The van der Waals surface area contributed by atoms with Gasteiger partial charge in [-0.1, -0.05) is 0 Å². The molecule has 0 aliphatic carbocycles. The largest absolute Gasteiger partial charge is 0.462 e. The maximum atomic E-state index is 13.1. The fraction of sp³-hybridized carbons (Fsp3) is 0.667. The van der Waals surface area contributed by atoms with Crippen LogP contribution in [0.1, 0.15) is 71.1 Å². The number of nitrogens with one attached hydrogen (secondary N) is 1. The zero-order chi connectivity index (χ0) is 20.3. The summed E-state index contributed by atoms with van der Waals surface area (Å²) in [5, 5.41) is 0. The molecule has 154 valence electrons. The van der Waals surface area contributed by atoms with Crippen molar-refractivity contribution in [3.8, 4) is 0 Å². The lowest BCUT2D eigenvalue weighted by Crippen LogP contribution is -2.48. The molecule has 7 heteroatoms. The Morgan fingerprint density at radius 2 is 1.71 bits per heavy atom. The van der Waals surface area contributed by atoms with Crippen molar-refractivity contribution >= 4 is 17.8 Å². The van der Waals surface area contributed by atoms with Crippen LogP contribution in [0.25, 0.3) is 0 Å². The van der Waals surface area contributed by atoms with Crippen LogP contribution in [-0.4, -0.2) is 65.4 Å². The molecule has 3 heterocycles. The lowest BCUT2D eigenvalue weighted by molar-refractivity contribution is -0.137. The number of hydrogen-bond acceptors (Lipinski definition) is 4. The smallest absolute Gasteiger partial charge is 0.340 e. The molecule has 0 spiro atoms. The van der Waals surface area contributed by atoms with Gasteiger partial charge < -0.3 is 19.5 Å². The third-order valence-corrected chi connectivity index (χ3v) is 5.86. The van der Waals surface area contributed by atoms with Crippen molar-refractivity contribution in [2.75, 3.05) is 32.8 Å². The van der Waals surface area contributed by atoms with Gasteiger partial charge in [-0.15, -0.1) is 0 Å². The van der Waals surface area contributed by atoms with E-state index >= 15 is 0 Å². The van der Waals surface area contributed by atoms with Crippen LogP contribution in [-0.2, 0) is 9.53 Å². The lowest BCUT2D eigenvalue weighted by Gasteiger charge is -2.36. The van der Waals surface area contributed by atoms with E-state index in [2.05, 4.69) is 4.98 Å². The standard InChI is InChI=1S/C21H31N3O4/c1-4-28-21(27)17-14(2)18(22-15(17)3)20(26)24-12-8-9-16(13-24)19(25)23-10-6-5-7-11-23/h16,22H,4-13H2,1-3H3. The SMILES string of the molecule is CCOC(=O)c1c(C)[nH]c(C(=O)N2CCCC(C(=O)N3CCCCC3)C2)c1C. The molecule has 1 atom stereocenters. The van der Waals surface area contributed by atoms with Gasteiger partial charge in [-0.25, -0.2) is 4.79 Å². The number of aromatic nitrogens is 1. The minimum atomic E-state index is -0.412. The summed E-state index contributed by atoms with van der Waals surface area (Å²) in [7, 11) is 0. The van der Waals surface area contributed by atoms with Crippen LogP contribution in [0.2, 0.25) is 0 Å². The number of carbonyl (C=O) groups is 3. The first kappa shape index (κ1) is 20.4. The number of aryl methyl sites for hydroxylation is 1. The Balaban J connectivity index is 1.73. The van der Waals surface area contributed by atoms with Crippen molar-refractivity contribution in [2.24, 2.45) is 5.92 Å². The van der Waals surface area contributed by atoms with Crippen LogP contribution in [0.5, 0.6) is 0 Å². The Morgan fingerprint density at radius 1 is 1.04 bits per heavy atom. The number of carbonyl (C=O) groups excluding carboxylic acids is 3. The predicted octanol–water partition coefficient (Wildman–Crippen LogP) is 2.67. The molecule has 3 rings (SSSR count). The quantitative estimate of drug-likeness (QED) is 0.803. The van der Waals surface area contributed by atoms with E-state index in [1.165, 1.54) is 6.42 Å². The maximum absolute atomic E-state index is 13.1. The number of H-pyrrole nitrogens is 1. The molecule has 28 heavy (non-hydrogen) atoms. The van der Waals surface area contributed by atoms with Gasteiger partial charge in [0.25, 0.3) is 5.91 Å². The molecule has 2 aliphatic rings. The van der Waals surface area contributed by atoms with Gasteiger partial charge in [0.2, 0.25) is 5.91 Å². The summed E-state index contributed by atoms with van der Waals surface area (Å²) >= 11 is 0. The Hall–Kier alpha value is -2.31. The monoisotopic (exact) mass is 389 g/mol. The highest BCUT2D eigenvalue weighted by Gasteiger charge is 2.33. The minimum Gasteiger partial charge on any atom is -0.462 e. The van der Waals surface area contributed by atoms with Crippen molar-refractivity contribution < 1.29 is 19.1 Å². The van der Waals surface area contributed by atoms with Crippen LogP contribution in [0.4, 0.5) is 0 Å². The summed E-state index contributed by atoms with van der Waals surface area (Å²) in [4.78, 5) is 45.0. The Bertz CT molecular complexity index is 749. The molecule has 2 amide bonds. The molecular formula is C21H31N3O4. The summed E-state index contributed by atoms with van der Waals surface area (Å²) in [6.07, 6.45) is 4.97. The number of esters is 1. The van der Waals surface area contributed by atoms with E-state index in [1.54, 1.807) is 25.7 Å². The number of piperidine rings is 2. The molecule has 1 unspecified atom stereocenters. The van der Waals surface area contributed by atoms with Gasteiger partial charge in [0.15, 0.2) is 0 Å². The Labute approximate surface area is 166 Å². The van der Waals surface area contributed by atoms with Gasteiger partial charge >= 0.3 is 5.97 Å². The van der Waals surface area contributed by atoms with Crippen molar-refractivity contribution in [2.45, 2.75) is 52.9 Å². The fourth-order valence-electron chi connectivity index (χ4n) is 4.37. The molecule has 1 N–H and O–H groups in total. The topological polar surface area (TPSA) is 82.7 Å². The second-order valence-electron chi connectivity index (χ2n) is 7.82. The first-order valence-electron chi connectivity index (χ1n) is 10.4. The third kappa shape index (κ3) is 4.08. The summed E-state index contributed by atoms with van der Waals surface area (Å²) in [5.74, 6) is -0.502. The van der Waals surface area contributed by atoms with E-state index in [0.717, 1.165) is 38.8 Å². The first-order valence-corrected chi connectivity index (χ1v) is 10.4. The minimum absolute atomic E-state index is 0.128. The van der Waals surface area contributed by atoms with Gasteiger partial charge in [-0.2, -0.15) is 0 Å². The molecular weight excluding hydrogens is 358 g/mol. The highest BCUT2D eigenvalue weighted by Crippen LogP contribution is 2.25. The van der Waals surface area contributed by atoms with Crippen molar-refractivity contribution in [1.82, 2.24) is 14.8 Å². The molecule has 2 saturated heterocycles. The van der Waals surface area contributed by atoms with Crippen LogP contribution in [0, 0.1) is 19.8 Å². The summed E-state index contributed by atoms with van der Waals surface area (Å²) in [6.45, 7) is 8.34. The molecule has 0 aromatic carbocycles. The van der Waals surface area contributed by atoms with Crippen LogP contribution in [0.3, 0.4) is 0 Å². The van der Waals surface area contributed by atoms with Gasteiger partial charge in [-0.3, -0.25) is 9.59 Å². The third-order valence-electron chi connectivity index (χ3n) is 5.86. The average molecular weight is 389 g/mol. The van der Waals surface area contributed by atoms with Crippen molar-refractivity contribution in [3.05, 3.63) is 22.5 Å². The molecule has 0 radical (unpaired) electrons. The molecule has 0 bridgehead atoms. The lowest BCUT2D eigenvalue weighted by atomic mass is 9.95. The number of likely N-dealkylation sites (tertiary alicyclic amines) is 2. The summed E-state index contributed by atoms with van der Waals surface area (Å²) in [5.41, 5.74) is 2.11. The molecule has 1 aromatic rings. The number of nitrogens with zero attached hydrogens (tertiary/aromatic N) is 2. The van der Waals surface area contributed by atoms with Gasteiger partial charge in [-0.05, 0) is 58.4 Å². The van der Waals surface area contributed by atoms with E-state index in [9.17, 15) is 14.4 Å². The average Bonchev–Trinajstić information content (AvgIpc) is 3.02. The molecule has 2 aliphatic heterocycles. The van der Waals surface area contributed by atoms with Crippen molar-refractivity contribution in [3.63, 3.8) is 0 Å². The van der Waals surface area contributed by atoms with Crippen molar-refractivity contribution in [1.29, 1.82) is 0 Å². The number of amides is 2.